The summed E-state index contributed by atoms with van der Waals surface area (Å²) in [5.41, 5.74) is 0.762. The highest BCUT2D eigenvalue weighted by Gasteiger charge is 2.26. The molecule has 34 heavy (non-hydrogen) atoms. The van der Waals surface area contributed by atoms with E-state index >= 15 is 0 Å². The van der Waals surface area contributed by atoms with E-state index in [1.165, 1.54) is 30.3 Å². The predicted molar refractivity (Wildman–Crippen MR) is 124 cm³/mol. The molecular weight excluding hydrogens is 465 g/mol. The summed E-state index contributed by atoms with van der Waals surface area (Å²) in [6, 6.07) is 16.8. The molecule has 3 aromatic carbocycles. The zero-order valence-corrected chi connectivity index (χ0v) is 19.1. The van der Waals surface area contributed by atoms with Gasteiger partial charge in [0.1, 0.15) is 17.5 Å². The molecule has 0 unspecified atom stereocenters. The lowest BCUT2D eigenvalue weighted by molar-refractivity contribution is 0.00141. The normalized spacial score (nSPS) is 15.4. The fourth-order valence-electron chi connectivity index (χ4n) is 3.96. The number of carbonyl (C=O) groups is 1. The van der Waals surface area contributed by atoms with Gasteiger partial charge in [-0.2, -0.15) is 0 Å². The number of hydrogen-bond acceptors (Lipinski definition) is 3. The first-order chi connectivity index (χ1) is 16.4. The Balaban J connectivity index is 1.42. The summed E-state index contributed by atoms with van der Waals surface area (Å²) < 4.78 is 48.2. The molecular formula is C26H24ClF3N2O2. The minimum atomic E-state index is -0.657. The summed E-state index contributed by atoms with van der Waals surface area (Å²) in [5.74, 6) is -2.19. The first kappa shape index (κ1) is 24.3. The van der Waals surface area contributed by atoms with Crippen LogP contribution in [-0.2, 0) is 11.3 Å². The summed E-state index contributed by atoms with van der Waals surface area (Å²) in [6.45, 7) is 2.21. The molecule has 1 heterocycles. The van der Waals surface area contributed by atoms with Gasteiger partial charge in [-0.05, 0) is 42.0 Å². The highest BCUT2D eigenvalue weighted by Crippen LogP contribution is 2.25. The van der Waals surface area contributed by atoms with Crippen LogP contribution in [0, 0.1) is 17.5 Å². The number of halogens is 4. The third-order valence-corrected chi connectivity index (χ3v) is 6.17. The van der Waals surface area contributed by atoms with Crippen molar-refractivity contribution >= 4 is 17.5 Å². The Hall–Kier alpha value is -2.87. The number of hydrogen-bond donors (Lipinski definition) is 0. The van der Waals surface area contributed by atoms with Crippen LogP contribution in [0.5, 0.6) is 0 Å². The SMILES string of the molecule is O=C(c1ccccc1F)N1CCN(C[C@H](OCc2c(F)cccc2F)c2ccc(Cl)cc2)CC1. The Morgan fingerprint density at radius 3 is 2.12 bits per heavy atom. The molecule has 4 rings (SSSR count). The molecule has 1 aliphatic rings. The van der Waals surface area contributed by atoms with Gasteiger partial charge in [0.25, 0.3) is 5.91 Å². The molecule has 1 aliphatic heterocycles. The van der Waals surface area contributed by atoms with E-state index in [9.17, 15) is 18.0 Å². The maximum atomic E-state index is 14.1. The minimum Gasteiger partial charge on any atom is -0.367 e. The molecule has 1 fully saturated rings. The molecule has 0 N–H and O–H groups in total. The van der Waals surface area contributed by atoms with Crippen LogP contribution >= 0.6 is 11.6 Å². The minimum absolute atomic E-state index is 0.0604. The van der Waals surface area contributed by atoms with Crippen LogP contribution in [0.15, 0.2) is 66.7 Å². The second kappa shape index (κ2) is 11.0. The van der Waals surface area contributed by atoms with Crippen molar-refractivity contribution in [2.75, 3.05) is 32.7 Å². The highest BCUT2D eigenvalue weighted by atomic mass is 35.5. The largest absolute Gasteiger partial charge is 0.367 e. The maximum absolute atomic E-state index is 14.1. The van der Waals surface area contributed by atoms with Crippen molar-refractivity contribution in [3.05, 3.63) is 106 Å². The molecule has 0 radical (unpaired) electrons. The average Bonchev–Trinajstić information content (AvgIpc) is 2.84. The number of carbonyl (C=O) groups excluding carboxylic acids is 1. The number of rotatable bonds is 7. The smallest absolute Gasteiger partial charge is 0.256 e. The van der Waals surface area contributed by atoms with Crippen LogP contribution < -0.4 is 0 Å². The van der Waals surface area contributed by atoms with Gasteiger partial charge in [0.2, 0.25) is 0 Å². The van der Waals surface area contributed by atoms with Gasteiger partial charge in [0, 0.05) is 43.3 Å². The maximum Gasteiger partial charge on any atom is 0.256 e. The number of nitrogens with zero attached hydrogens (tertiary/aromatic N) is 2. The van der Waals surface area contributed by atoms with Gasteiger partial charge in [0.05, 0.1) is 18.3 Å². The van der Waals surface area contributed by atoms with Crippen molar-refractivity contribution in [2.45, 2.75) is 12.7 Å². The lowest BCUT2D eigenvalue weighted by atomic mass is 10.1. The van der Waals surface area contributed by atoms with Crippen molar-refractivity contribution in [3.63, 3.8) is 0 Å². The van der Waals surface area contributed by atoms with Gasteiger partial charge in [0.15, 0.2) is 0 Å². The van der Waals surface area contributed by atoms with Crippen molar-refractivity contribution in [1.29, 1.82) is 0 Å². The lowest BCUT2D eigenvalue weighted by Crippen LogP contribution is -2.49. The molecule has 0 aliphatic carbocycles. The summed E-state index contributed by atoms with van der Waals surface area (Å²) in [4.78, 5) is 16.4. The monoisotopic (exact) mass is 488 g/mol. The fraction of sp³-hybridized carbons (Fsp3) is 0.269. The molecule has 1 saturated heterocycles. The second-order valence-electron chi connectivity index (χ2n) is 8.12. The molecule has 8 heteroatoms. The van der Waals surface area contributed by atoms with E-state index in [0.29, 0.717) is 37.7 Å². The molecule has 3 aromatic rings. The highest BCUT2D eigenvalue weighted by molar-refractivity contribution is 6.30. The Kier molecular flexibility index (Phi) is 7.88. The molecule has 0 aromatic heterocycles. The van der Waals surface area contributed by atoms with E-state index in [-0.39, 0.29) is 23.6 Å². The van der Waals surface area contributed by atoms with Crippen molar-refractivity contribution in [3.8, 4) is 0 Å². The van der Waals surface area contributed by atoms with Gasteiger partial charge in [-0.15, -0.1) is 0 Å². The number of amides is 1. The standard InChI is InChI=1S/C26H24ClF3N2O2/c27-19-10-8-18(9-11-19)25(34-17-21-23(29)6-3-7-24(21)30)16-31-12-14-32(15-13-31)26(33)20-4-1-2-5-22(20)28/h1-11,25H,12-17H2/t25-/m0/s1. The molecule has 1 atom stereocenters. The first-order valence-corrected chi connectivity index (χ1v) is 11.4. The zero-order valence-electron chi connectivity index (χ0n) is 18.4. The van der Waals surface area contributed by atoms with Gasteiger partial charge in [-0.25, -0.2) is 13.2 Å². The van der Waals surface area contributed by atoms with E-state index in [0.717, 1.165) is 5.56 Å². The summed E-state index contributed by atoms with van der Waals surface area (Å²) in [6.07, 6.45) is -0.468. The first-order valence-electron chi connectivity index (χ1n) is 11.0. The van der Waals surface area contributed by atoms with Crippen LogP contribution in [0.4, 0.5) is 13.2 Å². The van der Waals surface area contributed by atoms with Gasteiger partial charge >= 0.3 is 0 Å². The van der Waals surface area contributed by atoms with Gasteiger partial charge in [-0.1, -0.05) is 41.9 Å². The zero-order chi connectivity index (χ0) is 24.1. The Bertz CT molecular complexity index is 1110. The molecule has 0 saturated carbocycles. The Morgan fingerprint density at radius 2 is 1.47 bits per heavy atom. The van der Waals surface area contributed by atoms with Crippen LogP contribution in [-0.4, -0.2) is 48.4 Å². The molecule has 178 valence electrons. The summed E-state index contributed by atoms with van der Waals surface area (Å²) >= 11 is 6.02. The fourth-order valence-corrected chi connectivity index (χ4v) is 4.08. The predicted octanol–water partition coefficient (Wildman–Crippen LogP) is 5.47. The van der Waals surface area contributed by atoms with Gasteiger partial charge < -0.3 is 9.64 Å². The lowest BCUT2D eigenvalue weighted by Gasteiger charge is -2.36. The van der Waals surface area contributed by atoms with Crippen LogP contribution in [0.2, 0.25) is 5.02 Å². The number of piperazine rings is 1. The summed E-state index contributed by atoms with van der Waals surface area (Å²) in [5, 5.41) is 0.572. The van der Waals surface area contributed by atoms with E-state index in [4.69, 9.17) is 16.3 Å². The van der Waals surface area contributed by atoms with Crippen molar-refractivity contribution < 1.29 is 22.7 Å². The molecule has 0 spiro atoms. The number of benzene rings is 3. The van der Waals surface area contributed by atoms with Crippen LogP contribution in [0.1, 0.15) is 27.6 Å². The quantitative estimate of drug-likeness (QED) is 0.442. The van der Waals surface area contributed by atoms with Gasteiger partial charge in [-0.3, -0.25) is 9.69 Å². The topological polar surface area (TPSA) is 32.8 Å². The molecule has 1 amide bonds. The van der Waals surface area contributed by atoms with E-state index in [1.54, 1.807) is 29.2 Å². The third-order valence-electron chi connectivity index (χ3n) is 5.92. The van der Waals surface area contributed by atoms with E-state index < -0.39 is 23.6 Å². The Labute approximate surface area is 201 Å². The Morgan fingerprint density at radius 1 is 0.853 bits per heavy atom. The number of ether oxygens (including phenoxy) is 1. The summed E-state index contributed by atoms with van der Waals surface area (Å²) in [7, 11) is 0. The molecule has 4 nitrogen and oxygen atoms in total. The van der Waals surface area contributed by atoms with E-state index in [2.05, 4.69) is 4.90 Å². The molecule has 0 bridgehead atoms. The van der Waals surface area contributed by atoms with Crippen molar-refractivity contribution in [2.24, 2.45) is 0 Å². The second-order valence-corrected chi connectivity index (χ2v) is 8.56. The van der Waals surface area contributed by atoms with E-state index in [1.807, 2.05) is 12.1 Å². The van der Waals surface area contributed by atoms with Crippen molar-refractivity contribution in [1.82, 2.24) is 9.80 Å². The van der Waals surface area contributed by atoms with Crippen LogP contribution in [0.25, 0.3) is 0 Å². The van der Waals surface area contributed by atoms with Crippen LogP contribution in [0.3, 0.4) is 0 Å². The average molecular weight is 489 g/mol. The third kappa shape index (κ3) is 5.78.